The van der Waals surface area contributed by atoms with Gasteiger partial charge in [0.25, 0.3) is 10.1 Å². The Hall–Kier alpha value is -1.15. The number of aryl methyl sites for hydroxylation is 1. The standard InChI is InChI=1S/C9H10F3NO3S/c1-6-7(5-16-17(2,14)15)3-4-8(13-6)9(10,11)12/h3-4H,5H2,1-2H3. The SMILES string of the molecule is Cc1nc(C(F)(F)F)ccc1COS(C)(=O)=O. The molecule has 0 aliphatic rings. The normalized spacial score (nSPS) is 12.8. The van der Waals surface area contributed by atoms with Gasteiger partial charge in [0.15, 0.2) is 0 Å². The lowest BCUT2D eigenvalue weighted by molar-refractivity contribution is -0.141. The third-order valence-electron chi connectivity index (χ3n) is 1.91. The van der Waals surface area contributed by atoms with Crippen LogP contribution in [-0.2, 0) is 27.1 Å². The van der Waals surface area contributed by atoms with Crippen LogP contribution in [0.5, 0.6) is 0 Å². The van der Waals surface area contributed by atoms with Gasteiger partial charge in [-0.05, 0) is 13.0 Å². The Morgan fingerprint density at radius 1 is 1.35 bits per heavy atom. The second kappa shape index (κ2) is 4.61. The first kappa shape index (κ1) is 13.9. The molecule has 0 amide bonds. The largest absolute Gasteiger partial charge is 0.433 e. The van der Waals surface area contributed by atoms with Crippen LogP contribution in [0.3, 0.4) is 0 Å². The molecule has 0 saturated carbocycles. The highest BCUT2D eigenvalue weighted by atomic mass is 32.2. The first-order valence-electron chi connectivity index (χ1n) is 4.48. The van der Waals surface area contributed by atoms with Crippen LogP contribution in [0.15, 0.2) is 12.1 Å². The average molecular weight is 269 g/mol. The molecule has 0 radical (unpaired) electrons. The summed E-state index contributed by atoms with van der Waals surface area (Å²) < 4.78 is 62.8. The van der Waals surface area contributed by atoms with Crippen LogP contribution in [-0.4, -0.2) is 19.7 Å². The Morgan fingerprint density at radius 2 is 1.94 bits per heavy atom. The maximum Gasteiger partial charge on any atom is 0.433 e. The number of hydrogen-bond acceptors (Lipinski definition) is 4. The Bertz CT molecular complexity index is 511. The lowest BCUT2D eigenvalue weighted by atomic mass is 10.2. The molecular formula is C9H10F3NO3S. The van der Waals surface area contributed by atoms with Gasteiger partial charge in [0.2, 0.25) is 0 Å². The van der Waals surface area contributed by atoms with Gasteiger partial charge >= 0.3 is 6.18 Å². The highest BCUT2D eigenvalue weighted by Crippen LogP contribution is 2.28. The summed E-state index contributed by atoms with van der Waals surface area (Å²) in [5, 5.41) is 0. The number of halogens is 3. The minimum absolute atomic E-state index is 0.0866. The van der Waals surface area contributed by atoms with E-state index in [0.717, 1.165) is 18.4 Å². The number of hydrogen-bond donors (Lipinski definition) is 0. The van der Waals surface area contributed by atoms with E-state index in [9.17, 15) is 21.6 Å². The molecule has 4 nitrogen and oxygen atoms in total. The van der Waals surface area contributed by atoms with Crippen molar-refractivity contribution in [2.24, 2.45) is 0 Å². The van der Waals surface area contributed by atoms with Gasteiger partial charge in [-0.25, -0.2) is 4.98 Å². The van der Waals surface area contributed by atoms with E-state index in [4.69, 9.17) is 0 Å². The van der Waals surface area contributed by atoms with Crippen molar-refractivity contribution in [3.8, 4) is 0 Å². The van der Waals surface area contributed by atoms with Gasteiger partial charge in [0, 0.05) is 11.3 Å². The van der Waals surface area contributed by atoms with E-state index in [1.807, 2.05) is 0 Å². The van der Waals surface area contributed by atoms with Gasteiger partial charge in [-0.3, -0.25) is 4.18 Å². The van der Waals surface area contributed by atoms with Crippen molar-refractivity contribution in [3.05, 3.63) is 29.1 Å². The number of nitrogens with zero attached hydrogens (tertiary/aromatic N) is 1. The van der Waals surface area contributed by atoms with Gasteiger partial charge in [-0.15, -0.1) is 0 Å². The van der Waals surface area contributed by atoms with Crippen molar-refractivity contribution in [2.45, 2.75) is 19.7 Å². The zero-order chi connectivity index (χ0) is 13.3. The number of alkyl halides is 3. The fraction of sp³-hybridized carbons (Fsp3) is 0.444. The van der Waals surface area contributed by atoms with Crippen LogP contribution >= 0.6 is 0 Å². The van der Waals surface area contributed by atoms with Gasteiger partial charge < -0.3 is 0 Å². The molecule has 0 aromatic carbocycles. The lowest BCUT2D eigenvalue weighted by Gasteiger charge is -2.09. The summed E-state index contributed by atoms with van der Waals surface area (Å²) in [6, 6.07) is 1.93. The van der Waals surface area contributed by atoms with Crippen LogP contribution in [0.2, 0.25) is 0 Å². The third kappa shape index (κ3) is 4.31. The molecule has 0 atom stereocenters. The second-order valence-electron chi connectivity index (χ2n) is 3.41. The zero-order valence-electron chi connectivity index (χ0n) is 9.08. The molecule has 0 aliphatic carbocycles. The van der Waals surface area contributed by atoms with Crippen molar-refractivity contribution < 1.29 is 25.8 Å². The number of pyridine rings is 1. The van der Waals surface area contributed by atoms with E-state index in [0.29, 0.717) is 5.56 Å². The van der Waals surface area contributed by atoms with Crippen molar-refractivity contribution >= 4 is 10.1 Å². The summed E-state index contributed by atoms with van der Waals surface area (Å²) >= 11 is 0. The summed E-state index contributed by atoms with van der Waals surface area (Å²) in [5.41, 5.74) is -0.634. The molecule has 0 fully saturated rings. The average Bonchev–Trinajstić information content (AvgIpc) is 2.12. The van der Waals surface area contributed by atoms with Crippen molar-refractivity contribution in [3.63, 3.8) is 0 Å². The van der Waals surface area contributed by atoms with E-state index in [2.05, 4.69) is 9.17 Å². The molecule has 0 saturated heterocycles. The fourth-order valence-electron chi connectivity index (χ4n) is 1.07. The number of rotatable bonds is 3. The second-order valence-corrected chi connectivity index (χ2v) is 5.05. The molecule has 96 valence electrons. The molecule has 0 aliphatic heterocycles. The Morgan fingerprint density at radius 3 is 2.35 bits per heavy atom. The fourth-order valence-corrected chi connectivity index (χ4v) is 1.41. The van der Waals surface area contributed by atoms with E-state index in [-0.39, 0.29) is 12.3 Å². The highest BCUT2D eigenvalue weighted by molar-refractivity contribution is 7.85. The predicted molar refractivity (Wildman–Crippen MR) is 53.6 cm³/mol. The molecule has 0 unspecified atom stereocenters. The minimum Gasteiger partial charge on any atom is -0.265 e. The minimum atomic E-state index is -4.51. The van der Waals surface area contributed by atoms with E-state index in [1.54, 1.807) is 0 Å². The van der Waals surface area contributed by atoms with E-state index < -0.39 is 22.0 Å². The Balaban J connectivity index is 2.91. The Kier molecular flexibility index (Phi) is 3.78. The van der Waals surface area contributed by atoms with Crippen molar-refractivity contribution in [1.29, 1.82) is 0 Å². The lowest BCUT2D eigenvalue weighted by Crippen LogP contribution is -2.11. The first-order valence-corrected chi connectivity index (χ1v) is 6.29. The molecule has 1 aromatic rings. The molecule has 8 heteroatoms. The molecular weight excluding hydrogens is 259 g/mol. The summed E-state index contributed by atoms with van der Waals surface area (Å²) in [6.45, 7) is 1.03. The third-order valence-corrected chi connectivity index (χ3v) is 2.46. The Labute approximate surface area is 96.6 Å². The van der Waals surface area contributed by atoms with Gasteiger partial charge in [-0.2, -0.15) is 21.6 Å². The molecule has 17 heavy (non-hydrogen) atoms. The molecule has 1 heterocycles. The summed E-state index contributed by atoms with van der Waals surface area (Å²) in [7, 11) is -3.63. The van der Waals surface area contributed by atoms with Crippen LogP contribution < -0.4 is 0 Å². The number of aromatic nitrogens is 1. The maximum atomic E-state index is 12.3. The van der Waals surface area contributed by atoms with Crippen LogP contribution in [0.1, 0.15) is 17.0 Å². The van der Waals surface area contributed by atoms with E-state index >= 15 is 0 Å². The molecule has 0 bridgehead atoms. The monoisotopic (exact) mass is 269 g/mol. The van der Waals surface area contributed by atoms with Crippen LogP contribution in [0.25, 0.3) is 0 Å². The predicted octanol–water partition coefficient (Wildman–Crippen LogP) is 1.89. The van der Waals surface area contributed by atoms with Crippen LogP contribution in [0, 0.1) is 6.92 Å². The molecule has 0 N–H and O–H groups in total. The van der Waals surface area contributed by atoms with E-state index in [1.165, 1.54) is 6.92 Å². The zero-order valence-corrected chi connectivity index (χ0v) is 9.89. The van der Waals surface area contributed by atoms with Crippen LogP contribution in [0.4, 0.5) is 13.2 Å². The van der Waals surface area contributed by atoms with Gasteiger partial charge in [-0.1, -0.05) is 6.07 Å². The summed E-state index contributed by atoms with van der Waals surface area (Å²) in [5.74, 6) is 0. The van der Waals surface area contributed by atoms with Crippen molar-refractivity contribution in [1.82, 2.24) is 4.98 Å². The quantitative estimate of drug-likeness (QED) is 0.786. The molecule has 1 rings (SSSR count). The smallest absolute Gasteiger partial charge is 0.265 e. The van der Waals surface area contributed by atoms with Gasteiger partial charge in [0.05, 0.1) is 12.9 Å². The maximum absolute atomic E-state index is 12.3. The summed E-state index contributed by atoms with van der Waals surface area (Å²) in [4.78, 5) is 3.35. The summed E-state index contributed by atoms with van der Waals surface area (Å²) in [6.07, 6.45) is -3.65. The first-order chi connectivity index (χ1) is 7.59. The molecule has 1 aromatic heterocycles. The van der Waals surface area contributed by atoms with Gasteiger partial charge in [0.1, 0.15) is 5.69 Å². The highest BCUT2D eigenvalue weighted by Gasteiger charge is 2.32. The molecule has 0 spiro atoms. The topological polar surface area (TPSA) is 56.3 Å². The van der Waals surface area contributed by atoms with Crippen molar-refractivity contribution in [2.75, 3.05) is 6.26 Å².